The number of aryl methyl sites for hydroxylation is 2. The molecule has 21 heavy (non-hydrogen) atoms. The summed E-state index contributed by atoms with van der Waals surface area (Å²) in [5.74, 6) is 0. The molecule has 0 spiro atoms. The molecule has 0 amide bonds. The fourth-order valence-electron chi connectivity index (χ4n) is 2.53. The zero-order valence-corrected chi connectivity index (χ0v) is 12.9. The van der Waals surface area contributed by atoms with Crippen molar-refractivity contribution in [2.45, 2.75) is 20.3 Å². The van der Waals surface area contributed by atoms with Gasteiger partial charge in [0.05, 0.1) is 16.4 Å². The molecule has 0 aliphatic rings. The molecule has 0 saturated carbocycles. The Bertz CT molecular complexity index is 816. The maximum Gasteiger partial charge on any atom is 0.140 e. The largest absolute Gasteiger partial charge is 0.393 e. The van der Waals surface area contributed by atoms with E-state index >= 15 is 0 Å². The molecular weight excluding hydrogens is 278 g/mol. The van der Waals surface area contributed by atoms with Gasteiger partial charge in [-0.05, 0) is 25.5 Å². The minimum absolute atomic E-state index is 0.478. The topological polar surface area (TPSA) is 43.3 Å². The normalized spacial score (nSPS) is 11.0. The van der Waals surface area contributed by atoms with Gasteiger partial charge in [0.2, 0.25) is 0 Å². The molecule has 1 aromatic carbocycles. The third kappa shape index (κ3) is 2.54. The Balaban J connectivity index is 2.27. The van der Waals surface area contributed by atoms with Gasteiger partial charge in [-0.3, -0.25) is 0 Å². The fraction of sp³-hybridized carbons (Fsp3) is 0.176. The highest BCUT2D eigenvalue weighted by atomic mass is 32.1. The summed E-state index contributed by atoms with van der Waals surface area (Å²) >= 11 is 5.11. The van der Waals surface area contributed by atoms with Gasteiger partial charge >= 0.3 is 0 Å². The fourth-order valence-corrected chi connectivity index (χ4v) is 2.67. The molecule has 0 bridgehead atoms. The monoisotopic (exact) mass is 295 g/mol. The quantitative estimate of drug-likeness (QED) is 0.753. The number of benzene rings is 1. The average molecular weight is 295 g/mol. The van der Waals surface area contributed by atoms with Gasteiger partial charge in [0, 0.05) is 18.2 Å². The predicted molar refractivity (Wildman–Crippen MR) is 90.6 cm³/mol. The Morgan fingerprint density at radius 1 is 1.19 bits per heavy atom. The van der Waals surface area contributed by atoms with Crippen LogP contribution in [0, 0.1) is 13.8 Å². The Morgan fingerprint density at radius 3 is 2.57 bits per heavy atom. The van der Waals surface area contributed by atoms with Gasteiger partial charge in [-0.25, -0.2) is 4.98 Å². The molecule has 2 N–H and O–H groups in total. The number of hydrogen-bond acceptors (Lipinski definition) is 2. The van der Waals surface area contributed by atoms with Crippen LogP contribution in [0.4, 0.5) is 0 Å². The van der Waals surface area contributed by atoms with E-state index in [4.69, 9.17) is 22.9 Å². The number of aromatic nitrogens is 2. The lowest BCUT2D eigenvalue weighted by atomic mass is 10.1. The second-order valence-corrected chi connectivity index (χ2v) is 5.83. The summed E-state index contributed by atoms with van der Waals surface area (Å²) in [4.78, 5) is 5.29. The third-order valence-corrected chi connectivity index (χ3v) is 3.76. The number of imidazole rings is 1. The minimum atomic E-state index is 0.478. The summed E-state index contributed by atoms with van der Waals surface area (Å²) in [6, 6.07) is 12.5. The summed E-state index contributed by atoms with van der Waals surface area (Å²) in [6.45, 7) is 4.14. The summed E-state index contributed by atoms with van der Waals surface area (Å²) in [6.07, 6.45) is 2.56. The predicted octanol–water partition coefficient (Wildman–Crippen LogP) is 3.45. The molecule has 0 fully saturated rings. The molecule has 4 heteroatoms. The number of thiocarbonyl (C=S) groups is 1. The van der Waals surface area contributed by atoms with Crippen LogP contribution in [0.2, 0.25) is 0 Å². The van der Waals surface area contributed by atoms with E-state index in [2.05, 4.69) is 48.6 Å². The number of hydrogen-bond donors (Lipinski definition) is 1. The lowest BCUT2D eigenvalue weighted by molar-refractivity contribution is 1.06. The first-order valence-corrected chi connectivity index (χ1v) is 7.29. The first-order chi connectivity index (χ1) is 10.1. The van der Waals surface area contributed by atoms with Crippen molar-refractivity contribution in [3.05, 3.63) is 59.4 Å². The van der Waals surface area contributed by atoms with Crippen molar-refractivity contribution < 1.29 is 0 Å². The highest BCUT2D eigenvalue weighted by Crippen LogP contribution is 2.26. The van der Waals surface area contributed by atoms with Crippen molar-refractivity contribution in [3.63, 3.8) is 0 Å². The zero-order chi connectivity index (χ0) is 15.0. The molecule has 3 aromatic rings. The van der Waals surface area contributed by atoms with E-state index in [1.165, 1.54) is 5.56 Å². The van der Waals surface area contributed by atoms with Crippen LogP contribution in [0.25, 0.3) is 16.9 Å². The van der Waals surface area contributed by atoms with E-state index in [0.717, 1.165) is 28.2 Å². The summed E-state index contributed by atoms with van der Waals surface area (Å²) in [7, 11) is 0. The second kappa shape index (κ2) is 5.30. The molecule has 0 saturated heterocycles. The van der Waals surface area contributed by atoms with Gasteiger partial charge in [0.1, 0.15) is 5.65 Å². The van der Waals surface area contributed by atoms with Crippen LogP contribution in [-0.4, -0.2) is 14.4 Å². The van der Waals surface area contributed by atoms with Crippen molar-refractivity contribution in [1.29, 1.82) is 0 Å². The van der Waals surface area contributed by atoms with Crippen LogP contribution in [0.3, 0.4) is 0 Å². The molecule has 3 nitrogen and oxygen atoms in total. The Labute approximate surface area is 129 Å². The molecule has 3 rings (SSSR count). The number of fused-ring (bicyclic) bond motifs is 1. The first-order valence-electron chi connectivity index (χ1n) is 6.88. The maximum atomic E-state index is 5.77. The zero-order valence-electron chi connectivity index (χ0n) is 12.1. The van der Waals surface area contributed by atoms with Gasteiger partial charge in [-0.1, -0.05) is 48.1 Å². The Morgan fingerprint density at radius 2 is 1.90 bits per heavy atom. The van der Waals surface area contributed by atoms with Crippen LogP contribution in [0.5, 0.6) is 0 Å². The molecule has 0 aliphatic carbocycles. The van der Waals surface area contributed by atoms with Crippen molar-refractivity contribution >= 4 is 22.9 Å². The lowest BCUT2D eigenvalue weighted by Gasteiger charge is -2.05. The number of nitrogens with two attached hydrogens (primary N) is 1. The molecule has 106 valence electrons. The molecule has 2 aromatic heterocycles. The highest BCUT2D eigenvalue weighted by Gasteiger charge is 2.15. The van der Waals surface area contributed by atoms with E-state index in [1.54, 1.807) is 0 Å². The molecular formula is C17H17N3S. The van der Waals surface area contributed by atoms with Crippen LogP contribution in [0.15, 0.2) is 42.6 Å². The van der Waals surface area contributed by atoms with Gasteiger partial charge in [0.15, 0.2) is 0 Å². The van der Waals surface area contributed by atoms with Crippen molar-refractivity contribution in [2.24, 2.45) is 5.73 Å². The number of rotatable bonds is 3. The molecule has 0 unspecified atom stereocenters. The minimum Gasteiger partial charge on any atom is -0.393 e. The van der Waals surface area contributed by atoms with Crippen molar-refractivity contribution in [3.8, 4) is 11.3 Å². The standard InChI is InChI=1S/C17H17N3S/c1-11-5-7-13(8-6-11)16-14(10-15(18)21)20-9-3-4-12(2)17(20)19-16/h3-9H,10H2,1-2H3,(H2,18,21). The molecule has 0 atom stereocenters. The third-order valence-electron chi connectivity index (χ3n) is 3.61. The van der Waals surface area contributed by atoms with E-state index in [-0.39, 0.29) is 0 Å². The number of pyridine rings is 1. The summed E-state index contributed by atoms with van der Waals surface area (Å²) < 4.78 is 2.09. The summed E-state index contributed by atoms with van der Waals surface area (Å²) in [5, 5.41) is 0. The smallest absolute Gasteiger partial charge is 0.140 e. The lowest BCUT2D eigenvalue weighted by Crippen LogP contribution is -2.13. The van der Waals surface area contributed by atoms with E-state index < -0.39 is 0 Å². The van der Waals surface area contributed by atoms with E-state index in [0.29, 0.717) is 11.4 Å². The average Bonchev–Trinajstić information content (AvgIpc) is 2.80. The van der Waals surface area contributed by atoms with Crippen LogP contribution in [0.1, 0.15) is 16.8 Å². The SMILES string of the molecule is Cc1ccc(-c2nc3c(C)cccn3c2CC(N)=S)cc1. The van der Waals surface area contributed by atoms with Gasteiger partial charge < -0.3 is 10.1 Å². The van der Waals surface area contributed by atoms with Gasteiger partial charge in [0.25, 0.3) is 0 Å². The van der Waals surface area contributed by atoms with Crippen molar-refractivity contribution in [2.75, 3.05) is 0 Å². The molecule has 2 heterocycles. The summed E-state index contributed by atoms with van der Waals surface area (Å²) in [5.41, 5.74) is 12.2. The Kier molecular flexibility index (Phi) is 3.47. The van der Waals surface area contributed by atoms with E-state index in [1.807, 2.05) is 12.3 Å². The Hall–Kier alpha value is -2.20. The van der Waals surface area contributed by atoms with Crippen LogP contribution < -0.4 is 5.73 Å². The first kappa shape index (κ1) is 13.8. The highest BCUT2D eigenvalue weighted by molar-refractivity contribution is 7.80. The van der Waals surface area contributed by atoms with Gasteiger partial charge in [-0.2, -0.15) is 0 Å². The van der Waals surface area contributed by atoms with Crippen LogP contribution >= 0.6 is 12.2 Å². The number of nitrogens with zero attached hydrogens (tertiary/aromatic N) is 2. The molecule has 0 aliphatic heterocycles. The van der Waals surface area contributed by atoms with Crippen molar-refractivity contribution in [1.82, 2.24) is 9.38 Å². The van der Waals surface area contributed by atoms with Gasteiger partial charge in [-0.15, -0.1) is 0 Å². The van der Waals surface area contributed by atoms with E-state index in [9.17, 15) is 0 Å². The second-order valence-electron chi connectivity index (χ2n) is 5.30. The maximum absolute atomic E-state index is 5.77. The van der Waals surface area contributed by atoms with Crippen LogP contribution in [-0.2, 0) is 6.42 Å². The molecule has 0 radical (unpaired) electrons.